The predicted molar refractivity (Wildman–Crippen MR) is 52.6 cm³/mol. The fourth-order valence-electron chi connectivity index (χ4n) is 1.30. The lowest BCUT2D eigenvalue weighted by molar-refractivity contribution is 1.11. The Morgan fingerprint density at radius 2 is 1.75 bits per heavy atom. The molecule has 0 amide bonds. The number of nitrogen functional groups attached to an aromatic ring is 1. The Balaban J connectivity index is 2.21. The van der Waals surface area contributed by atoms with E-state index in [2.05, 4.69) is 0 Å². The number of hydrogen-bond acceptors (Lipinski definition) is 1. The zero-order chi connectivity index (χ0) is 8.77. The number of rotatable bonds is 1. The number of nitrogens with two attached hydrogens (primary N) is 1. The second-order valence-electron chi connectivity index (χ2n) is 3.18. The van der Waals surface area contributed by atoms with E-state index < -0.39 is 4.33 Å². The Labute approximate surface area is 81.5 Å². The Hall–Kier alpha value is -0.400. The summed E-state index contributed by atoms with van der Waals surface area (Å²) in [5.41, 5.74) is 7.50. The van der Waals surface area contributed by atoms with E-state index in [-0.39, 0.29) is 0 Å². The first-order chi connectivity index (χ1) is 5.59. The highest BCUT2D eigenvalue weighted by molar-refractivity contribution is 6.51. The van der Waals surface area contributed by atoms with E-state index in [1.54, 1.807) is 0 Å². The van der Waals surface area contributed by atoms with Gasteiger partial charge < -0.3 is 5.73 Å². The highest BCUT2D eigenvalue weighted by Gasteiger charge is 2.52. The normalized spacial score (nSPS) is 25.3. The fourth-order valence-corrected chi connectivity index (χ4v) is 1.86. The van der Waals surface area contributed by atoms with Gasteiger partial charge in [-0.15, -0.1) is 23.2 Å². The van der Waals surface area contributed by atoms with Gasteiger partial charge in [-0.25, -0.2) is 0 Å². The van der Waals surface area contributed by atoms with Gasteiger partial charge in [-0.05, 0) is 24.1 Å². The summed E-state index contributed by atoms with van der Waals surface area (Å²) in [7, 11) is 0. The number of alkyl halides is 2. The van der Waals surface area contributed by atoms with Crippen molar-refractivity contribution in [2.45, 2.75) is 16.7 Å². The number of halogens is 2. The molecule has 1 aliphatic carbocycles. The first-order valence-corrected chi connectivity index (χ1v) is 4.58. The molecule has 1 fully saturated rings. The number of anilines is 1. The molecule has 0 saturated heterocycles. The van der Waals surface area contributed by atoms with Gasteiger partial charge in [0.1, 0.15) is 4.33 Å². The minimum absolute atomic E-state index is 0.293. The van der Waals surface area contributed by atoms with Gasteiger partial charge in [0.05, 0.1) is 0 Å². The highest BCUT2D eigenvalue weighted by Crippen LogP contribution is 2.59. The molecule has 12 heavy (non-hydrogen) atoms. The summed E-state index contributed by atoms with van der Waals surface area (Å²) >= 11 is 11.8. The smallest absolute Gasteiger partial charge is 0.125 e. The average molecular weight is 202 g/mol. The van der Waals surface area contributed by atoms with Crippen LogP contribution in [-0.2, 0) is 0 Å². The minimum Gasteiger partial charge on any atom is -0.399 e. The third-order valence-electron chi connectivity index (χ3n) is 2.16. The predicted octanol–water partition coefficient (Wildman–Crippen LogP) is 2.93. The van der Waals surface area contributed by atoms with Gasteiger partial charge in [-0.1, -0.05) is 12.1 Å². The third-order valence-corrected chi connectivity index (χ3v) is 3.00. The van der Waals surface area contributed by atoms with Crippen LogP contribution in [0.5, 0.6) is 0 Å². The van der Waals surface area contributed by atoms with Crippen LogP contribution in [0.3, 0.4) is 0 Å². The second-order valence-corrected chi connectivity index (χ2v) is 4.73. The molecule has 0 aromatic heterocycles. The van der Waals surface area contributed by atoms with Gasteiger partial charge in [0.15, 0.2) is 0 Å². The van der Waals surface area contributed by atoms with Crippen molar-refractivity contribution in [1.82, 2.24) is 0 Å². The van der Waals surface area contributed by atoms with Crippen molar-refractivity contribution < 1.29 is 0 Å². The van der Waals surface area contributed by atoms with E-state index in [0.29, 0.717) is 5.92 Å². The van der Waals surface area contributed by atoms with Gasteiger partial charge in [-0.3, -0.25) is 0 Å². The maximum absolute atomic E-state index is 5.92. The lowest BCUT2D eigenvalue weighted by atomic mass is 10.1. The molecule has 0 aliphatic heterocycles. The largest absolute Gasteiger partial charge is 0.399 e. The Kier molecular flexibility index (Phi) is 1.74. The van der Waals surface area contributed by atoms with Crippen molar-refractivity contribution in [1.29, 1.82) is 0 Å². The van der Waals surface area contributed by atoms with Gasteiger partial charge in [0.25, 0.3) is 0 Å². The molecular formula is C9H9Cl2N. The van der Waals surface area contributed by atoms with Crippen LogP contribution in [0.2, 0.25) is 0 Å². The molecule has 64 valence electrons. The molecule has 2 rings (SSSR count). The topological polar surface area (TPSA) is 26.0 Å². The summed E-state index contributed by atoms with van der Waals surface area (Å²) in [4.78, 5) is 0. The highest BCUT2D eigenvalue weighted by atomic mass is 35.5. The van der Waals surface area contributed by atoms with Crippen LogP contribution >= 0.6 is 23.2 Å². The first kappa shape index (κ1) is 8.21. The monoisotopic (exact) mass is 201 g/mol. The van der Waals surface area contributed by atoms with Crippen LogP contribution < -0.4 is 5.73 Å². The fraction of sp³-hybridized carbons (Fsp3) is 0.333. The van der Waals surface area contributed by atoms with Crippen molar-refractivity contribution in [2.24, 2.45) is 0 Å². The summed E-state index contributed by atoms with van der Waals surface area (Å²) in [5.74, 6) is 0.293. The van der Waals surface area contributed by atoms with Gasteiger partial charge >= 0.3 is 0 Å². The zero-order valence-corrected chi connectivity index (χ0v) is 7.94. The Morgan fingerprint density at radius 3 is 2.17 bits per heavy atom. The van der Waals surface area contributed by atoms with Gasteiger partial charge in [-0.2, -0.15) is 0 Å². The van der Waals surface area contributed by atoms with Crippen molar-refractivity contribution in [2.75, 3.05) is 5.73 Å². The Bertz CT molecular complexity index is 292. The van der Waals surface area contributed by atoms with E-state index in [9.17, 15) is 0 Å². The summed E-state index contributed by atoms with van der Waals surface area (Å²) < 4.78 is -0.532. The maximum Gasteiger partial charge on any atom is 0.125 e. The van der Waals surface area contributed by atoms with Crippen molar-refractivity contribution in [3.63, 3.8) is 0 Å². The van der Waals surface area contributed by atoms with Crippen molar-refractivity contribution in [3.8, 4) is 0 Å². The van der Waals surface area contributed by atoms with E-state index in [1.165, 1.54) is 5.56 Å². The van der Waals surface area contributed by atoms with Gasteiger partial charge in [0.2, 0.25) is 0 Å². The van der Waals surface area contributed by atoms with Gasteiger partial charge in [0, 0.05) is 11.6 Å². The minimum atomic E-state index is -0.532. The molecule has 2 N–H and O–H groups in total. The van der Waals surface area contributed by atoms with Crippen LogP contribution in [0.1, 0.15) is 17.9 Å². The van der Waals surface area contributed by atoms with Crippen LogP contribution in [0.4, 0.5) is 5.69 Å². The third kappa shape index (κ3) is 1.39. The second kappa shape index (κ2) is 2.54. The lowest BCUT2D eigenvalue weighted by Gasteiger charge is -2.00. The molecule has 1 nitrogen and oxygen atoms in total. The molecule has 1 aromatic carbocycles. The molecule has 1 aromatic rings. The van der Waals surface area contributed by atoms with Crippen LogP contribution in [0.25, 0.3) is 0 Å². The maximum atomic E-state index is 5.92. The number of hydrogen-bond donors (Lipinski definition) is 1. The SMILES string of the molecule is Nc1ccc(C2CC2(Cl)Cl)cc1. The van der Waals surface area contributed by atoms with E-state index in [1.807, 2.05) is 24.3 Å². The van der Waals surface area contributed by atoms with Crippen LogP contribution in [-0.4, -0.2) is 4.33 Å². The van der Waals surface area contributed by atoms with Crippen molar-refractivity contribution in [3.05, 3.63) is 29.8 Å². The quantitative estimate of drug-likeness (QED) is 0.549. The summed E-state index contributed by atoms with van der Waals surface area (Å²) in [6.45, 7) is 0. The lowest BCUT2D eigenvalue weighted by Crippen LogP contribution is -1.90. The Morgan fingerprint density at radius 1 is 1.25 bits per heavy atom. The summed E-state index contributed by atoms with van der Waals surface area (Å²) in [6, 6.07) is 7.70. The molecule has 1 aliphatic rings. The van der Waals surface area contributed by atoms with Crippen LogP contribution in [0, 0.1) is 0 Å². The average Bonchev–Trinajstić information content (AvgIpc) is 2.61. The van der Waals surface area contributed by atoms with Crippen molar-refractivity contribution >= 4 is 28.9 Å². The molecular weight excluding hydrogens is 193 g/mol. The molecule has 3 heteroatoms. The molecule has 0 heterocycles. The first-order valence-electron chi connectivity index (χ1n) is 3.83. The van der Waals surface area contributed by atoms with Crippen LogP contribution in [0.15, 0.2) is 24.3 Å². The number of benzene rings is 1. The standard InChI is InChI=1S/C9H9Cl2N/c10-9(11)5-8(9)6-1-3-7(12)4-2-6/h1-4,8H,5,12H2. The molecule has 1 unspecified atom stereocenters. The van der Waals surface area contributed by atoms with E-state index in [0.717, 1.165) is 12.1 Å². The summed E-state index contributed by atoms with van der Waals surface area (Å²) in [5, 5.41) is 0. The molecule has 1 saturated carbocycles. The molecule has 0 spiro atoms. The molecule has 1 atom stereocenters. The zero-order valence-electron chi connectivity index (χ0n) is 6.43. The summed E-state index contributed by atoms with van der Waals surface area (Å²) in [6.07, 6.45) is 0.847. The molecule has 0 bridgehead atoms. The van der Waals surface area contributed by atoms with E-state index in [4.69, 9.17) is 28.9 Å². The van der Waals surface area contributed by atoms with E-state index >= 15 is 0 Å². The molecule has 0 radical (unpaired) electrons.